The number of carbonyl (C=O) groups is 1. The van der Waals surface area contributed by atoms with Gasteiger partial charge in [-0.25, -0.2) is 9.97 Å². The molecular formula is C15H15N3O2. The molecule has 0 bridgehead atoms. The number of anilines is 1. The fourth-order valence-electron chi connectivity index (χ4n) is 2.03. The molecule has 5 heteroatoms. The molecule has 1 saturated carbocycles. The Labute approximate surface area is 117 Å². The topological polar surface area (TPSA) is 64.1 Å². The first kappa shape index (κ1) is 12.6. The molecule has 0 spiro atoms. The van der Waals surface area contributed by atoms with Gasteiger partial charge in [0.2, 0.25) is 0 Å². The molecule has 1 aliphatic carbocycles. The van der Waals surface area contributed by atoms with Crippen molar-refractivity contribution < 1.29 is 9.53 Å². The van der Waals surface area contributed by atoms with Crippen LogP contribution in [0.25, 0.3) is 0 Å². The lowest BCUT2D eigenvalue weighted by atomic mass is 10.2. The summed E-state index contributed by atoms with van der Waals surface area (Å²) >= 11 is 0. The molecule has 0 atom stereocenters. The van der Waals surface area contributed by atoms with Crippen molar-refractivity contribution in [2.24, 2.45) is 0 Å². The van der Waals surface area contributed by atoms with Gasteiger partial charge in [0.05, 0.1) is 12.8 Å². The Hall–Kier alpha value is -2.43. The maximum atomic E-state index is 12.2. The minimum Gasteiger partial charge on any atom is -0.495 e. The lowest BCUT2D eigenvalue weighted by Gasteiger charge is -2.09. The fraction of sp³-hybridized carbons (Fsp3) is 0.267. The molecule has 102 valence electrons. The van der Waals surface area contributed by atoms with Crippen molar-refractivity contribution in [1.29, 1.82) is 0 Å². The highest BCUT2D eigenvalue weighted by atomic mass is 16.5. The number of aromatic nitrogens is 2. The Balaban J connectivity index is 1.80. The molecule has 0 aliphatic heterocycles. The minimum atomic E-state index is -0.251. The van der Waals surface area contributed by atoms with E-state index in [2.05, 4.69) is 15.3 Å². The number of hydrogen-bond acceptors (Lipinski definition) is 4. The van der Waals surface area contributed by atoms with Crippen molar-refractivity contribution in [2.75, 3.05) is 12.4 Å². The summed E-state index contributed by atoms with van der Waals surface area (Å²) in [5.74, 6) is 0.868. The highest BCUT2D eigenvalue weighted by molar-refractivity contribution is 6.03. The number of carbonyl (C=O) groups excluding carboxylic acids is 1. The molecule has 3 rings (SSSR count). The number of hydrogen-bond donors (Lipinski definition) is 1. The Kier molecular flexibility index (Phi) is 3.33. The zero-order chi connectivity index (χ0) is 13.9. The Morgan fingerprint density at radius 1 is 1.30 bits per heavy atom. The Morgan fingerprint density at radius 2 is 2.10 bits per heavy atom. The quantitative estimate of drug-likeness (QED) is 0.926. The van der Waals surface area contributed by atoms with Crippen LogP contribution in [0.1, 0.15) is 34.9 Å². The van der Waals surface area contributed by atoms with E-state index in [-0.39, 0.29) is 5.91 Å². The van der Waals surface area contributed by atoms with Crippen LogP contribution in [0.3, 0.4) is 0 Å². The van der Waals surface area contributed by atoms with Crippen LogP contribution >= 0.6 is 0 Å². The van der Waals surface area contributed by atoms with Crippen LogP contribution in [0.15, 0.2) is 36.7 Å². The molecule has 20 heavy (non-hydrogen) atoms. The van der Waals surface area contributed by atoms with E-state index in [1.165, 1.54) is 6.33 Å². The molecule has 1 aliphatic rings. The van der Waals surface area contributed by atoms with E-state index in [0.29, 0.717) is 23.0 Å². The van der Waals surface area contributed by atoms with Gasteiger partial charge in [-0.05, 0) is 31.0 Å². The molecule has 1 amide bonds. The first-order valence-electron chi connectivity index (χ1n) is 6.54. The lowest BCUT2D eigenvalue weighted by Crippen LogP contribution is -2.15. The molecule has 1 fully saturated rings. The summed E-state index contributed by atoms with van der Waals surface area (Å²) in [4.78, 5) is 20.5. The average molecular weight is 269 g/mol. The van der Waals surface area contributed by atoms with Gasteiger partial charge in [0.25, 0.3) is 5.91 Å². The summed E-state index contributed by atoms with van der Waals surface area (Å²) < 4.78 is 5.21. The van der Waals surface area contributed by atoms with Gasteiger partial charge >= 0.3 is 0 Å². The summed E-state index contributed by atoms with van der Waals surface area (Å²) in [5, 5.41) is 2.81. The summed E-state index contributed by atoms with van der Waals surface area (Å²) in [6.07, 6.45) is 3.74. The minimum absolute atomic E-state index is 0.251. The molecule has 1 aromatic carbocycles. The van der Waals surface area contributed by atoms with Crippen LogP contribution in [-0.4, -0.2) is 23.0 Å². The normalized spacial score (nSPS) is 13.8. The number of para-hydroxylation sites is 2. The van der Waals surface area contributed by atoms with Gasteiger partial charge < -0.3 is 10.1 Å². The standard InChI is InChI=1S/C15H15N3O2/c1-20-14-5-3-2-4-11(14)18-15(19)13-8-12(10-6-7-10)16-9-17-13/h2-5,8-10H,6-7H2,1H3,(H,18,19). The third-order valence-corrected chi connectivity index (χ3v) is 3.27. The number of benzene rings is 1. The zero-order valence-corrected chi connectivity index (χ0v) is 11.2. The van der Waals surface area contributed by atoms with E-state index in [4.69, 9.17) is 4.74 Å². The van der Waals surface area contributed by atoms with Crippen molar-refractivity contribution >= 4 is 11.6 Å². The van der Waals surface area contributed by atoms with Gasteiger partial charge in [-0.3, -0.25) is 4.79 Å². The van der Waals surface area contributed by atoms with Gasteiger partial charge in [-0.15, -0.1) is 0 Å². The second kappa shape index (κ2) is 5.28. The Bertz CT molecular complexity index is 639. The summed E-state index contributed by atoms with van der Waals surface area (Å²) in [7, 11) is 1.57. The van der Waals surface area contributed by atoms with Crippen LogP contribution in [0.4, 0.5) is 5.69 Å². The fourth-order valence-corrected chi connectivity index (χ4v) is 2.03. The summed E-state index contributed by atoms with van der Waals surface area (Å²) in [6, 6.07) is 9.05. The number of ether oxygens (including phenoxy) is 1. The average Bonchev–Trinajstić information content (AvgIpc) is 3.32. The Morgan fingerprint density at radius 3 is 2.85 bits per heavy atom. The molecule has 5 nitrogen and oxygen atoms in total. The lowest BCUT2D eigenvalue weighted by molar-refractivity contribution is 0.102. The zero-order valence-electron chi connectivity index (χ0n) is 11.2. The van der Waals surface area contributed by atoms with Crippen LogP contribution in [0, 0.1) is 0 Å². The molecule has 0 saturated heterocycles. The highest BCUT2D eigenvalue weighted by Crippen LogP contribution is 2.38. The van der Waals surface area contributed by atoms with Crippen molar-refractivity contribution in [3.63, 3.8) is 0 Å². The smallest absolute Gasteiger partial charge is 0.274 e. The molecule has 2 aromatic rings. The van der Waals surface area contributed by atoms with E-state index < -0.39 is 0 Å². The molecular weight excluding hydrogens is 254 g/mol. The van der Waals surface area contributed by atoms with E-state index in [9.17, 15) is 4.79 Å². The van der Waals surface area contributed by atoms with Crippen LogP contribution < -0.4 is 10.1 Å². The molecule has 1 heterocycles. The maximum Gasteiger partial charge on any atom is 0.274 e. The second-order valence-electron chi connectivity index (χ2n) is 4.76. The first-order chi connectivity index (χ1) is 9.78. The number of amides is 1. The number of rotatable bonds is 4. The first-order valence-corrected chi connectivity index (χ1v) is 6.54. The second-order valence-corrected chi connectivity index (χ2v) is 4.76. The third-order valence-electron chi connectivity index (χ3n) is 3.27. The van der Waals surface area contributed by atoms with Crippen molar-refractivity contribution in [3.05, 3.63) is 48.0 Å². The van der Waals surface area contributed by atoms with E-state index >= 15 is 0 Å². The van der Waals surface area contributed by atoms with Crippen molar-refractivity contribution in [1.82, 2.24) is 9.97 Å². The van der Waals surface area contributed by atoms with Crippen molar-refractivity contribution in [2.45, 2.75) is 18.8 Å². The monoisotopic (exact) mass is 269 g/mol. The van der Waals surface area contributed by atoms with Crippen LogP contribution in [-0.2, 0) is 0 Å². The maximum absolute atomic E-state index is 12.2. The molecule has 0 unspecified atom stereocenters. The van der Waals surface area contributed by atoms with Gasteiger partial charge in [0.1, 0.15) is 17.8 Å². The van der Waals surface area contributed by atoms with Gasteiger partial charge in [0.15, 0.2) is 0 Å². The SMILES string of the molecule is COc1ccccc1NC(=O)c1cc(C2CC2)ncn1. The molecule has 1 aromatic heterocycles. The van der Waals surface area contributed by atoms with Gasteiger partial charge in [-0.2, -0.15) is 0 Å². The van der Waals surface area contributed by atoms with E-state index in [1.54, 1.807) is 25.3 Å². The number of nitrogens with zero attached hydrogens (tertiary/aromatic N) is 2. The molecule has 1 N–H and O–H groups in total. The third kappa shape index (κ3) is 2.61. The predicted octanol–water partition coefficient (Wildman–Crippen LogP) is 2.61. The number of nitrogens with one attached hydrogen (secondary N) is 1. The largest absolute Gasteiger partial charge is 0.495 e. The molecule has 0 radical (unpaired) electrons. The van der Waals surface area contributed by atoms with E-state index in [1.807, 2.05) is 12.1 Å². The van der Waals surface area contributed by atoms with Crippen molar-refractivity contribution in [3.8, 4) is 5.75 Å². The highest BCUT2D eigenvalue weighted by Gasteiger charge is 2.26. The van der Waals surface area contributed by atoms with Crippen LogP contribution in [0.5, 0.6) is 5.75 Å². The van der Waals surface area contributed by atoms with E-state index in [0.717, 1.165) is 18.5 Å². The number of methoxy groups -OCH3 is 1. The van der Waals surface area contributed by atoms with Gasteiger partial charge in [0, 0.05) is 11.6 Å². The van der Waals surface area contributed by atoms with Gasteiger partial charge in [-0.1, -0.05) is 12.1 Å². The summed E-state index contributed by atoms with van der Waals surface area (Å²) in [6.45, 7) is 0. The summed E-state index contributed by atoms with van der Waals surface area (Å²) in [5.41, 5.74) is 1.96. The van der Waals surface area contributed by atoms with Crippen LogP contribution in [0.2, 0.25) is 0 Å². The predicted molar refractivity (Wildman–Crippen MR) is 75.0 cm³/mol.